The number of carbonyl (C=O) groups is 1. The first-order valence-electron chi connectivity index (χ1n) is 4.49. The second-order valence-corrected chi connectivity index (χ2v) is 3.25. The molecule has 3 N–H and O–H groups in total. The zero-order chi connectivity index (χ0) is 12.1. The van der Waals surface area contributed by atoms with Crippen molar-refractivity contribution in [2.75, 3.05) is 12.9 Å². The van der Waals surface area contributed by atoms with Crippen LogP contribution in [-0.2, 0) is 0 Å². The van der Waals surface area contributed by atoms with Gasteiger partial charge in [0, 0.05) is 12.6 Å². The van der Waals surface area contributed by atoms with E-state index in [0.29, 0.717) is 5.56 Å². The number of amidine groups is 1. The van der Waals surface area contributed by atoms with Crippen LogP contribution < -0.4 is 11.1 Å². The highest BCUT2D eigenvalue weighted by molar-refractivity contribution is 6.28. The Morgan fingerprint density at radius 1 is 1.62 bits per heavy atom. The minimum absolute atomic E-state index is 0.000694. The van der Waals surface area contributed by atoms with Gasteiger partial charge in [-0.25, -0.2) is 9.38 Å². The van der Waals surface area contributed by atoms with Gasteiger partial charge in [-0.05, 0) is 18.2 Å². The van der Waals surface area contributed by atoms with Crippen LogP contribution in [0.5, 0.6) is 0 Å². The lowest BCUT2D eigenvalue weighted by Gasteiger charge is -2.03. The molecule has 0 aliphatic heterocycles. The number of aliphatic imine (C=N–C) groups is 1. The first-order chi connectivity index (χ1) is 7.58. The van der Waals surface area contributed by atoms with Gasteiger partial charge in [-0.2, -0.15) is 0 Å². The number of hydrogen-bond acceptors (Lipinski definition) is 2. The maximum Gasteiger partial charge on any atom is 0.251 e. The maximum absolute atomic E-state index is 13.3. The predicted molar refractivity (Wildman–Crippen MR) is 61.8 cm³/mol. The van der Waals surface area contributed by atoms with Gasteiger partial charge >= 0.3 is 0 Å². The molecule has 0 heterocycles. The number of carbonyl (C=O) groups excluding carboxylic acids is 1. The van der Waals surface area contributed by atoms with Crippen molar-refractivity contribution < 1.29 is 9.18 Å². The Hall–Kier alpha value is -1.62. The molecule has 0 atom stereocenters. The number of nitrogens with zero attached hydrogens (tertiary/aromatic N) is 1. The maximum atomic E-state index is 13.3. The van der Waals surface area contributed by atoms with E-state index in [-0.39, 0.29) is 23.3 Å². The summed E-state index contributed by atoms with van der Waals surface area (Å²) in [5.74, 6) is -0.778. The Bertz CT molecular complexity index is 434. The van der Waals surface area contributed by atoms with E-state index >= 15 is 0 Å². The van der Waals surface area contributed by atoms with E-state index in [1.54, 1.807) is 0 Å². The molecule has 4 nitrogen and oxygen atoms in total. The van der Waals surface area contributed by atoms with Crippen molar-refractivity contribution in [1.82, 2.24) is 5.32 Å². The fourth-order valence-corrected chi connectivity index (χ4v) is 1.13. The molecule has 1 amide bonds. The second kappa shape index (κ2) is 5.46. The standard InChI is InChI=1S/C10H11ClFN3O/c1-14-10(16)6-2-3-7(12)8(4-6)15-9(13)5-11/h2-4H,5H2,1H3,(H2,13,15)(H,14,16). The van der Waals surface area contributed by atoms with E-state index in [0.717, 1.165) is 6.07 Å². The van der Waals surface area contributed by atoms with E-state index < -0.39 is 5.82 Å². The van der Waals surface area contributed by atoms with Crippen molar-refractivity contribution in [3.63, 3.8) is 0 Å². The normalized spacial score (nSPS) is 11.3. The number of benzene rings is 1. The molecule has 86 valence electrons. The van der Waals surface area contributed by atoms with E-state index in [4.69, 9.17) is 17.3 Å². The molecule has 0 aromatic heterocycles. The Morgan fingerprint density at radius 3 is 2.88 bits per heavy atom. The highest BCUT2D eigenvalue weighted by Crippen LogP contribution is 2.19. The molecular formula is C10H11ClFN3O. The molecule has 1 rings (SSSR count). The summed E-state index contributed by atoms with van der Waals surface area (Å²) in [6, 6.07) is 3.84. The molecule has 1 aromatic rings. The average Bonchev–Trinajstić information content (AvgIpc) is 2.30. The number of hydrogen-bond donors (Lipinski definition) is 2. The molecule has 1 aromatic carbocycles. The third kappa shape index (κ3) is 2.93. The monoisotopic (exact) mass is 243 g/mol. The van der Waals surface area contributed by atoms with Crippen LogP contribution in [0, 0.1) is 5.82 Å². The zero-order valence-electron chi connectivity index (χ0n) is 8.63. The third-order valence-corrected chi connectivity index (χ3v) is 2.11. The molecule has 0 aliphatic carbocycles. The van der Waals surface area contributed by atoms with Crippen LogP contribution in [0.15, 0.2) is 23.2 Å². The summed E-state index contributed by atoms with van der Waals surface area (Å²) in [5.41, 5.74) is 5.69. The summed E-state index contributed by atoms with van der Waals surface area (Å²) in [5, 5.41) is 2.43. The summed E-state index contributed by atoms with van der Waals surface area (Å²) in [4.78, 5) is 15.1. The number of halogens is 2. The van der Waals surface area contributed by atoms with Crippen molar-refractivity contribution in [2.45, 2.75) is 0 Å². The van der Waals surface area contributed by atoms with Gasteiger partial charge in [0.2, 0.25) is 0 Å². The first-order valence-corrected chi connectivity index (χ1v) is 5.02. The summed E-state index contributed by atoms with van der Waals surface area (Å²) in [7, 11) is 1.49. The molecule has 0 spiro atoms. The van der Waals surface area contributed by atoms with Gasteiger partial charge in [0.1, 0.15) is 17.3 Å². The fraction of sp³-hybridized carbons (Fsp3) is 0.200. The van der Waals surface area contributed by atoms with Crippen molar-refractivity contribution in [3.8, 4) is 0 Å². The Balaban J connectivity index is 3.14. The van der Waals surface area contributed by atoms with Crippen LogP contribution in [0.2, 0.25) is 0 Å². The van der Waals surface area contributed by atoms with Crippen molar-refractivity contribution in [3.05, 3.63) is 29.6 Å². The average molecular weight is 244 g/mol. The van der Waals surface area contributed by atoms with Gasteiger partial charge in [0.05, 0.1) is 5.88 Å². The molecule has 0 aliphatic rings. The van der Waals surface area contributed by atoms with Gasteiger partial charge in [0.25, 0.3) is 5.91 Å². The van der Waals surface area contributed by atoms with E-state index in [9.17, 15) is 9.18 Å². The SMILES string of the molecule is CNC(=O)c1ccc(F)c(N=C(N)CCl)c1. The Morgan fingerprint density at radius 2 is 2.31 bits per heavy atom. The van der Waals surface area contributed by atoms with Gasteiger partial charge in [-0.15, -0.1) is 11.6 Å². The van der Waals surface area contributed by atoms with Gasteiger partial charge in [-0.1, -0.05) is 0 Å². The third-order valence-electron chi connectivity index (χ3n) is 1.84. The highest BCUT2D eigenvalue weighted by Gasteiger charge is 2.08. The van der Waals surface area contributed by atoms with E-state index in [1.165, 1.54) is 19.2 Å². The van der Waals surface area contributed by atoms with E-state index in [2.05, 4.69) is 10.3 Å². The van der Waals surface area contributed by atoms with Gasteiger partial charge in [-0.3, -0.25) is 4.79 Å². The minimum Gasteiger partial charge on any atom is -0.386 e. The first kappa shape index (κ1) is 12.4. The van der Waals surface area contributed by atoms with Crippen LogP contribution in [0.25, 0.3) is 0 Å². The largest absolute Gasteiger partial charge is 0.386 e. The van der Waals surface area contributed by atoms with Crippen LogP contribution in [0.1, 0.15) is 10.4 Å². The molecule has 0 saturated carbocycles. The fourth-order valence-electron chi connectivity index (χ4n) is 1.07. The molecule has 6 heteroatoms. The quantitative estimate of drug-likeness (QED) is 0.479. The summed E-state index contributed by atoms with van der Waals surface area (Å²) >= 11 is 5.43. The molecule has 0 fully saturated rings. The molecular weight excluding hydrogens is 233 g/mol. The van der Waals surface area contributed by atoms with Crippen LogP contribution in [0.3, 0.4) is 0 Å². The predicted octanol–water partition coefficient (Wildman–Crippen LogP) is 1.41. The second-order valence-electron chi connectivity index (χ2n) is 2.98. The number of amides is 1. The smallest absolute Gasteiger partial charge is 0.251 e. The Kier molecular flexibility index (Phi) is 4.25. The number of nitrogens with one attached hydrogen (secondary N) is 1. The van der Waals surface area contributed by atoms with Gasteiger partial charge < -0.3 is 11.1 Å². The van der Waals surface area contributed by atoms with Crippen molar-refractivity contribution in [2.24, 2.45) is 10.7 Å². The van der Waals surface area contributed by atoms with Crippen LogP contribution >= 0.6 is 11.6 Å². The summed E-state index contributed by atoms with van der Waals surface area (Å²) < 4.78 is 13.3. The summed E-state index contributed by atoms with van der Waals surface area (Å²) in [6.45, 7) is 0. The van der Waals surface area contributed by atoms with Crippen molar-refractivity contribution >= 4 is 29.0 Å². The molecule has 16 heavy (non-hydrogen) atoms. The van der Waals surface area contributed by atoms with Gasteiger partial charge in [0.15, 0.2) is 0 Å². The van der Waals surface area contributed by atoms with E-state index in [1.807, 2.05) is 0 Å². The molecule has 0 radical (unpaired) electrons. The number of rotatable bonds is 3. The lowest BCUT2D eigenvalue weighted by molar-refractivity contribution is 0.0963. The molecule has 0 bridgehead atoms. The number of alkyl halides is 1. The van der Waals surface area contributed by atoms with Crippen LogP contribution in [0.4, 0.5) is 10.1 Å². The topological polar surface area (TPSA) is 67.5 Å². The van der Waals surface area contributed by atoms with Crippen molar-refractivity contribution in [1.29, 1.82) is 0 Å². The van der Waals surface area contributed by atoms with Crippen LogP contribution in [-0.4, -0.2) is 24.7 Å². The molecule has 0 unspecified atom stereocenters. The molecule has 0 saturated heterocycles. The Labute approximate surface area is 97.3 Å². The number of nitrogens with two attached hydrogens (primary N) is 1. The zero-order valence-corrected chi connectivity index (χ0v) is 9.38. The lowest BCUT2D eigenvalue weighted by atomic mass is 10.2. The minimum atomic E-state index is -0.555. The summed E-state index contributed by atoms with van der Waals surface area (Å²) in [6.07, 6.45) is 0. The highest BCUT2D eigenvalue weighted by atomic mass is 35.5. The lowest BCUT2D eigenvalue weighted by Crippen LogP contribution is -2.17.